The lowest BCUT2D eigenvalue weighted by Crippen LogP contribution is -2.53. The number of hydrogen-bond acceptors (Lipinski definition) is 5. The number of sulfonamides is 1. The predicted molar refractivity (Wildman–Crippen MR) is 134 cm³/mol. The predicted octanol–water partition coefficient (Wildman–Crippen LogP) is 3.81. The standard InChI is InChI=1S/C26H34FN3O4S/c1-20-12-13-24(34-2)25(18-20)35(32,33)30(21-8-4-3-5-9-21)19-26(31)29-16-14-28(15-17-29)23-11-7-6-10-22(23)27/h6-7,10-13,18,21H,3-5,8-9,14-17,19H2,1-2H3. The van der Waals surface area contributed by atoms with Gasteiger partial charge in [-0.3, -0.25) is 4.79 Å². The van der Waals surface area contributed by atoms with Crippen molar-refractivity contribution in [3.05, 3.63) is 53.8 Å². The van der Waals surface area contributed by atoms with Crippen LogP contribution in [-0.4, -0.2) is 69.4 Å². The van der Waals surface area contributed by atoms with E-state index in [4.69, 9.17) is 4.74 Å². The Morgan fingerprint density at radius 2 is 1.74 bits per heavy atom. The van der Waals surface area contributed by atoms with Crippen molar-refractivity contribution in [2.45, 2.75) is 50.0 Å². The van der Waals surface area contributed by atoms with E-state index in [1.54, 1.807) is 35.2 Å². The number of benzene rings is 2. The minimum Gasteiger partial charge on any atom is -0.495 e. The number of methoxy groups -OCH3 is 1. The molecule has 0 spiro atoms. The number of carbonyl (C=O) groups is 1. The first-order valence-corrected chi connectivity index (χ1v) is 13.7. The number of amides is 1. The van der Waals surface area contributed by atoms with Crippen molar-refractivity contribution >= 4 is 21.6 Å². The maximum absolute atomic E-state index is 14.2. The summed E-state index contributed by atoms with van der Waals surface area (Å²) in [4.78, 5) is 17.1. The summed E-state index contributed by atoms with van der Waals surface area (Å²) < 4.78 is 48.7. The number of carbonyl (C=O) groups excluding carboxylic acids is 1. The van der Waals surface area contributed by atoms with Crippen molar-refractivity contribution in [2.75, 3.05) is 44.7 Å². The second-order valence-corrected chi connectivity index (χ2v) is 11.2. The Morgan fingerprint density at radius 1 is 1.06 bits per heavy atom. The number of aryl methyl sites for hydroxylation is 1. The van der Waals surface area contributed by atoms with E-state index in [0.717, 1.165) is 37.7 Å². The van der Waals surface area contributed by atoms with E-state index >= 15 is 0 Å². The molecule has 1 amide bonds. The Kier molecular flexibility index (Phi) is 7.96. The van der Waals surface area contributed by atoms with Crippen LogP contribution in [0.1, 0.15) is 37.7 Å². The van der Waals surface area contributed by atoms with E-state index < -0.39 is 10.0 Å². The highest BCUT2D eigenvalue weighted by Crippen LogP contribution is 2.33. The van der Waals surface area contributed by atoms with Crippen LogP contribution in [0.3, 0.4) is 0 Å². The van der Waals surface area contributed by atoms with Gasteiger partial charge in [-0.2, -0.15) is 4.31 Å². The number of anilines is 1. The molecule has 2 aliphatic rings. The SMILES string of the molecule is COc1ccc(C)cc1S(=O)(=O)N(CC(=O)N1CCN(c2ccccc2F)CC1)C1CCCCC1. The molecular weight excluding hydrogens is 469 g/mol. The van der Waals surface area contributed by atoms with Gasteiger partial charge in [0.2, 0.25) is 15.9 Å². The molecule has 2 aromatic carbocycles. The maximum Gasteiger partial charge on any atom is 0.247 e. The van der Waals surface area contributed by atoms with E-state index in [9.17, 15) is 17.6 Å². The van der Waals surface area contributed by atoms with Crippen LogP contribution in [0.5, 0.6) is 5.75 Å². The largest absolute Gasteiger partial charge is 0.495 e. The minimum absolute atomic E-state index is 0.0998. The van der Waals surface area contributed by atoms with Gasteiger partial charge in [-0.05, 0) is 49.6 Å². The van der Waals surface area contributed by atoms with Crippen molar-refractivity contribution in [1.82, 2.24) is 9.21 Å². The number of nitrogens with zero attached hydrogens (tertiary/aromatic N) is 3. The topological polar surface area (TPSA) is 70.2 Å². The quantitative estimate of drug-likeness (QED) is 0.575. The van der Waals surface area contributed by atoms with Crippen LogP contribution in [0.2, 0.25) is 0 Å². The zero-order valence-corrected chi connectivity index (χ0v) is 21.3. The fraction of sp³-hybridized carbons (Fsp3) is 0.500. The Morgan fingerprint density at radius 3 is 2.40 bits per heavy atom. The summed E-state index contributed by atoms with van der Waals surface area (Å²) in [5, 5.41) is 0. The third kappa shape index (κ3) is 5.62. The van der Waals surface area contributed by atoms with E-state index in [-0.39, 0.29) is 35.0 Å². The molecule has 0 aromatic heterocycles. The molecule has 2 aromatic rings. The van der Waals surface area contributed by atoms with E-state index in [2.05, 4.69) is 0 Å². The zero-order chi connectivity index (χ0) is 25.0. The highest BCUT2D eigenvalue weighted by Gasteiger charge is 2.37. The Labute approximate surface area is 207 Å². The average molecular weight is 504 g/mol. The summed E-state index contributed by atoms with van der Waals surface area (Å²) in [6, 6.07) is 11.5. The number of hydrogen-bond donors (Lipinski definition) is 0. The number of rotatable bonds is 7. The fourth-order valence-corrected chi connectivity index (χ4v) is 6.91. The summed E-state index contributed by atoms with van der Waals surface area (Å²) in [5.74, 6) is -0.227. The summed E-state index contributed by atoms with van der Waals surface area (Å²) >= 11 is 0. The normalized spacial score (nSPS) is 17.6. The number of para-hydroxylation sites is 1. The lowest BCUT2D eigenvalue weighted by Gasteiger charge is -2.38. The van der Waals surface area contributed by atoms with Gasteiger partial charge in [0, 0.05) is 32.2 Å². The molecule has 0 atom stereocenters. The molecule has 35 heavy (non-hydrogen) atoms. The van der Waals surface area contributed by atoms with Crippen molar-refractivity contribution < 1.29 is 22.3 Å². The molecule has 1 aliphatic heterocycles. The second-order valence-electron chi connectivity index (χ2n) is 9.32. The van der Waals surface area contributed by atoms with Gasteiger partial charge in [0.1, 0.15) is 16.5 Å². The molecule has 2 fully saturated rings. The van der Waals surface area contributed by atoms with Gasteiger partial charge in [0.25, 0.3) is 0 Å². The number of halogens is 1. The third-order valence-corrected chi connectivity index (χ3v) is 8.92. The summed E-state index contributed by atoms with van der Waals surface area (Å²) in [7, 11) is -2.51. The maximum atomic E-state index is 14.2. The zero-order valence-electron chi connectivity index (χ0n) is 20.5. The van der Waals surface area contributed by atoms with E-state index in [1.807, 2.05) is 17.9 Å². The molecule has 0 N–H and O–H groups in total. The Hall–Kier alpha value is -2.65. The van der Waals surface area contributed by atoms with Crippen LogP contribution < -0.4 is 9.64 Å². The summed E-state index contributed by atoms with van der Waals surface area (Å²) in [5.41, 5.74) is 1.33. The second kappa shape index (κ2) is 11.0. The molecule has 9 heteroatoms. The van der Waals surface area contributed by atoms with Gasteiger partial charge in [0.15, 0.2) is 0 Å². The Balaban J connectivity index is 1.53. The Bertz CT molecular complexity index is 1140. The highest BCUT2D eigenvalue weighted by molar-refractivity contribution is 7.89. The van der Waals surface area contributed by atoms with Crippen molar-refractivity contribution in [3.8, 4) is 5.75 Å². The molecule has 0 unspecified atom stereocenters. The first kappa shape index (κ1) is 25.4. The molecular formula is C26H34FN3O4S. The molecule has 7 nitrogen and oxygen atoms in total. The van der Waals surface area contributed by atoms with Gasteiger partial charge < -0.3 is 14.5 Å². The lowest BCUT2D eigenvalue weighted by atomic mass is 9.95. The van der Waals surface area contributed by atoms with Gasteiger partial charge in [-0.25, -0.2) is 12.8 Å². The monoisotopic (exact) mass is 503 g/mol. The van der Waals surface area contributed by atoms with Crippen molar-refractivity contribution in [3.63, 3.8) is 0 Å². The average Bonchev–Trinajstić information content (AvgIpc) is 2.88. The van der Waals surface area contributed by atoms with Crippen LogP contribution in [-0.2, 0) is 14.8 Å². The van der Waals surface area contributed by atoms with Crippen LogP contribution in [0.15, 0.2) is 47.4 Å². The molecule has 4 rings (SSSR count). The first-order valence-electron chi connectivity index (χ1n) is 12.2. The first-order chi connectivity index (χ1) is 16.8. The third-order valence-electron chi connectivity index (χ3n) is 7.00. The van der Waals surface area contributed by atoms with E-state index in [0.29, 0.717) is 31.9 Å². The molecule has 1 aliphatic carbocycles. The van der Waals surface area contributed by atoms with Gasteiger partial charge in [-0.15, -0.1) is 0 Å². The summed E-state index contributed by atoms with van der Waals surface area (Å²) in [6.45, 7) is 3.45. The van der Waals surface area contributed by atoms with Gasteiger partial charge in [0.05, 0.1) is 19.3 Å². The molecule has 190 valence electrons. The van der Waals surface area contributed by atoms with Crippen LogP contribution in [0.4, 0.5) is 10.1 Å². The fourth-order valence-electron chi connectivity index (χ4n) is 5.03. The minimum atomic E-state index is -3.96. The van der Waals surface area contributed by atoms with Gasteiger partial charge >= 0.3 is 0 Å². The lowest BCUT2D eigenvalue weighted by molar-refractivity contribution is -0.132. The molecule has 0 radical (unpaired) electrons. The van der Waals surface area contributed by atoms with Crippen LogP contribution in [0, 0.1) is 12.7 Å². The van der Waals surface area contributed by atoms with E-state index in [1.165, 1.54) is 17.5 Å². The molecule has 1 heterocycles. The van der Waals surface area contributed by atoms with Gasteiger partial charge in [-0.1, -0.05) is 37.5 Å². The van der Waals surface area contributed by atoms with Crippen LogP contribution in [0.25, 0.3) is 0 Å². The number of piperazine rings is 1. The molecule has 0 bridgehead atoms. The van der Waals surface area contributed by atoms with Crippen molar-refractivity contribution in [1.29, 1.82) is 0 Å². The molecule has 1 saturated heterocycles. The number of ether oxygens (including phenoxy) is 1. The summed E-state index contributed by atoms with van der Waals surface area (Å²) in [6.07, 6.45) is 4.43. The van der Waals surface area contributed by atoms with Crippen LogP contribution >= 0.6 is 0 Å². The van der Waals surface area contributed by atoms with Crippen molar-refractivity contribution in [2.24, 2.45) is 0 Å². The molecule has 1 saturated carbocycles. The smallest absolute Gasteiger partial charge is 0.247 e. The highest BCUT2D eigenvalue weighted by atomic mass is 32.2.